The molecule has 1 amide bonds. The number of halogens is 1. The van der Waals surface area contributed by atoms with Gasteiger partial charge in [0.1, 0.15) is 0 Å². The summed E-state index contributed by atoms with van der Waals surface area (Å²) in [4.78, 5) is 13.1. The van der Waals surface area contributed by atoms with Gasteiger partial charge in [0.2, 0.25) is 5.91 Å². The Kier molecular flexibility index (Phi) is 6.74. The Morgan fingerprint density at radius 3 is 2.75 bits per heavy atom. The van der Waals surface area contributed by atoms with Gasteiger partial charge in [-0.25, -0.2) is 0 Å². The van der Waals surface area contributed by atoms with Crippen molar-refractivity contribution in [3.63, 3.8) is 0 Å². The van der Waals surface area contributed by atoms with Crippen molar-refractivity contribution >= 4 is 35.0 Å². The zero-order chi connectivity index (χ0) is 14.2. The molecule has 1 fully saturated rings. The Labute approximate surface area is 130 Å². The summed E-state index contributed by atoms with van der Waals surface area (Å²) in [5.41, 5.74) is 0.959. The Bertz CT molecular complexity index is 432. The minimum absolute atomic E-state index is 0.0922. The zero-order valence-electron chi connectivity index (χ0n) is 11.7. The molecule has 0 bridgehead atoms. The summed E-state index contributed by atoms with van der Waals surface area (Å²) in [5.74, 6) is 0.719. The van der Waals surface area contributed by atoms with Gasteiger partial charge in [-0.1, -0.05) is 25.0 Å². The number of benzene rings is 1. The minimum Gasteiger partial charge on any atom is -0.325 e. The largest absolute Gasteiger partial charge is 0.325 e. The smallest absolute Gasteiger partial charge is 0.224 e. The third-order valence-corrected chi connectivity index (χ3v) is 5.23. The summed E-state index contributed by atoms with van der Waals surface area (Å²) in [5, 5.41) is 3.75. The van der Waals surface area contributed by atoms with Gasteiger partial charge in [0.05, 0.1) is 5.69 Å². The molecule has 20 heavy (non-hydrogen) atoms. The molecule has 4 heteroatoms. The number of anilines is 1. The van der Waals surface area contributed by atoms with Crippen molar-refractivity contribution in [1.29, 1.82) is 0 Å². The van der Waals surface area contributed by atoms with Gasteiger partial charge in [-0.3, -0.25) is 4.79 Å². The van der Waals surface area contributed by atoms with Gasteiger partial charge in [0.15, 0.2) is 0 Å². The van der Waals surface area contributed by atoms with Gasteiger partial charge >= 0.3 is 0 Å². The van der Waals surface area contributed by atoms with Crippen LogP contribution in [-0.2, 0) is 4.79 Å². The number of carbonyl (C=O) groups is 1. The zero-order valence-corrected chi connectivity index (χ0v) is 13.3. The number of hydrogen-bond donors (Lipinski definition) is 1. The SMILES string of the molecule is O=C(CCCCCl)Nc1ccccc1SC1CCCC1. The number of thioether (sulfide) groups is 1. The first-order chi connectivity index (χ1) is 9.79. The summed E-state index contributed by atoms with van der Waals surface area (Å²) in [6.07, 6.45) is 7.57. The molecule has 0 radical (unpaired) electrons. The first-order valence-electron chi connectivity index (χ1n) is 7.41. The molecular weight excluding hydrogens is 290 g/mol. The Hall–Kier alpha value is -0.670. The predicted molar refractivity (Wildman–Crippen MR) is 87.8 cm³/mol. The second-order valence-corrected chi connectivity index (χ2v) is 6.93. The van der Waals surface area contributed by atoms with Crippen molar-refractivity contribution in [2.45, 2.75) is 55.1 Å². The number of unbranched alkanes of at least 4 members (excludes halogenated alkanes) is 1. The maximum atomic E-state index is 11.9. The van der Waals surface area contributed by atoms with E-state index in [-0.39, 0.29) is 5.91 Å². The topological polar surface area (TPSA) is 29.1 Å². The van der Waals surface area contributed by atoms with Crippen molar-refractivity contribution in [2.75, 3.05) is 11.2 Å². The lowest BCUT2D eigenvalue weighted by molar-refractivity contribution is -0.116. The molecule has 1 aliphatic rings. The molecule has 1 aliphatic carbocycles. The molecule has 0 saturated heterocycles. The Morgan fingerprint density at radius 1 is 1.25 bits per heavy atom. The van der Waals surface area contributed by atoms with Crippen LogP contribution >= 0.6 is 23.4 Å². The molecule has 1 saturated carbocycles. The predicted octanol–water partition coefficient (Wildman–Crippen LogP) is 5.07. The summed E-state index contributed by atoms with van der Waals surface area (Å²) in [6, 6.07) is 8.13. The molecule has 0 aliphatic heterocycles. The van der Waals surface area contributed by atoms with E-state index >= 15 is 0 Å². The highest BCUT2D eigenvalue weighted by Crippen LogP contribution is 2.38. The molecule has 0 unspecified atom stereocenters. The highest BCUT2D eigenvalue weighted by atomic mass is 35.5. The number of amides is 1. The molecule has 2 nitrogen and oxygen atoms in total. The maximum Gasteiger partial charge on any atom is 0.224 e. The standard InChI is InChI=1S/C16H22ClNOS/c17-12-6-5-11-16(19)18-14-9-3-4-10-15(14)20-13-7-1-2-8-13/h3-4,9-10,13H,1-2,5-8,11-12H2,(H,18,19). The van der Waals surface area contributed by atoms with Gasteiger partial charge in [-0.05, 0) is 37.8 Å². The lowest BCUT2D eigenvalue weighted by Crippen LogP contribution is -2.12. The Balaban J connectivity index is 1.91. The lowest BCUT2D eigenvalue weighted by atomic mass is 10.2. The molecule has 0 atom stereocenters. The summed E-state index contributed by atoms with van der Waals surface area (Å²) in [6.45, 7) is 0. The second-order valence-electron chi connectivity index (χ2n) is 5.21. The van der Waals surface area contributed by atoms with Gasteiger partial charge in [-0.2, -0.15) is 0 Å². The summed E-state index contributed by atoms with van der Waals surface area (Å²) < 4.78 is 0. The third kappa shape index (κ3) is 5.02. The van der Waals surface area contributed by atoms with Gasteiger partial charge in [0, 0.05) is 22.4 Å². The van der Waals surface area contributed by atoms with Crippen LogP contribution in [0.25, 0.3) is 0 Å². The molecule has 1 N–H and O–H groups in total. The van der Waals surface area contributed by atoms with Crippen LogP contribution in [0.15, 0.2) is 29.2 Å². The van der Waals surface area contributed by atoms with Gasteiger partial charge < -0.3 is 5.32 Å². The fourth-order valence-electron chi connectivity index (χ4n) is 2.45. The van der Waals surface area contributed by atoms with Crippen LogP contribution in [0.2, 0.25) is 0 Å². The number of hydrogen-bond acceptors (Lipinski definition) is 2. The molecule has 0 heterocycles. The van der Waals surface area contributed by atoms with E-state index in [2.05, 4.69) is 11.4 Å². The van der Waals surface area contributed by atoms with E-state index in [1.54, 1.807) is 0 Å². The lowest BCUT2D eigenvalue weighted by Gasteiger charge is -2.14. The Morgan fingerprint density at radius 2 is 2.00 bits per heavy atom. The number of nitrogens with one attached hydrogen (secondary N) is 1. The van der Waals surface area contributed by atoms with E-state index in [1.165, 1.54) is 30.6 Å². The van der Waals surface area contributed by atoms with E-state index in [1.807, 2.05) is 30.0 Å². The quantitative estimate of drug-likeness (QED) is 0.562. The average Bonchev–Trinajstić information content (AvgIpc) is 2.94. The first kappa shape index (κ1) is 15.7. The van der Waals surface area contributed by atoms with Gasteiger partial charge in [-0.15, -0.1) is 23.4 Å². The summed E-state index contributed by atoms with van der Waals surface area (Å²) >= 11 is 7.54. The van der Waals surface area contributed by atoms with Crippen molar-refractivity contribution < 1.29 is 4.79 Å². The molecule has 1 aromatic carbocycles. The second kappa shape index (κ2) is 8.58. The van der Waals surface area contributed by atoms with E-state index in [0.29, 0.717) is 17.6 Å². The average molecular weight is 312 g/mol. The molecule has 1 aromatic rings. The van der Waals surface area contributed by atoms with Crippen molar-refractivity contribution in [1.82, 2.24) is 0 Å². The van der Waals surface area contributed by atoms with Crippen molar-refractivity contribution in [3.05, 3.63) is 24.3 Å². The molecule has 110 valence electrons. The van der Waals surface area contributed by atoms with Crippen LogP contribution in [0.5, 0.6) is 0 Å². The molecular formula is C16H22ClNOS. The van der Waals surface area contributed by atoms with E-state index in [9.17, 15) is 4.79 Å². The van der Waals surface area contributed by atoms with Crippen LogP contribution in [-0.4, -0.2) is 17.0 Å². The first-order valence-corrected chi connectivity index (χ1v) is 8.82. The molecule has 2 rings (SSSR count). The van der Waals surface area contributed by atoms with Crippen LogP contribution in [0.1, 0.15) is 44.9 Å². The van der Waals surface area contributed by atoms with E-state index < -0.39 is 0 Å². The minimum atomic E-state index is 0.0922. The monoisotopic (exact) mass is 311 g/mol. The van der Waals surface area contributed by atoms with Crippen LogP contribution in [0.3, 0.4) is 0 Å². The fraction of sp³-hybridized carbons (Fsp3) is 0.562. The van der Waals surface area contributed by atoms with Gasteiger partial charge in [0.25, 0.3) is 0 Å². The van der Waals surface area contributed by atoms with Crippen LogP contribution in [0.4, 0.5) is 5.69 Å². The van der Waals surface area contributed by atoms with E-state index in [4.69, 9.17) is 11.6 Å². The van der Waals surface area contributed by atoms with E-state index in [0.717, 1.165) is 18.5 Å². The van der Waals surface area contributed by atoms with Crippen LogP contribution < -0.4 is 5.32 Å². The third-order valence-electron chi connectivity index (χ3n) is 3.54. The summed E-state index contributed by atoms with van der Waals surface area (Å²) in [7, 11) is 0. The number of carbonyl (C=O) groups excluding carboxylic acids is 1. The molecule has 0 aromatic heterocycles. The number of rotatable bonds is 7. The van der Waals surface area contributed by atoms with Crippen molar-refractivity contribution in [2.24, 2.45) is 0 Å². The maximum absolute atomic E-state index is 11.9. The fourth-order valence-corrected chi connectivity index (χ4v) is 3.97. The molecule has 0 spiro atoms. The number of para-hydroxylation sites is 1. The van der Waals surface area contributed by atoms with Crippen molar-refractivity contribution in [3.8, 4) is 0 Å². The van der Waals surface area contributed by atoms with Crippen LogP contribution in [0, 0.1) is 0 Å². The normalized spacial score (nSPS) is 15.4. The highest BCUT2D eigenvalue weighted by molar-refractivity contribution is 8.00. The highest BCUT2D eigenvalue weighted by Gasteiger charge is 2.17. The number of alkyl halides is 1.